The minimum atomic E-state index is -0.488. The summed E-state index contributed by atoms with van der Waals surface area (Å²) in [7, 11) is 0. The van der Waals surface area contributed by atoms with Crippen LogP contribution in [0.5, 0.6) is 0 Å². The van der Waals surface area contributed by atoms with Gasteiger partial charge < -0.3 is 9.73 Å². The summed E-state index contributed by atoms with van der Waals surface area (Å²) in [6, 6.07) is 20.3. The second-order valence-electron chi connectivity index (χ2n) is 7.19. The van der Waals surface area contributed by atoms with Crippen molar-refractivity contribution in [1.82, 2.24) is 0 Å². The molecule has 7 nitrogen and oxygen atoms in total. The Hall–Kier alpha value is -4.52. The highest BCUT2D eigenvalue weighted by atomic mass is 16.6. The van der Waals surface area contributed by atoms with Gasteiger partial charge in [0.1, 0.15) is 5.58 Å². The Kier molecular flexibility index (Phi) is 5.63. The number of nitrogens with zero attached hydrogens (tertiary/aromatic N) is 1. The molecule has 0 unspecified atom stereocenters. The summed E-state index contributed by atoms with van der Waals surface area (Å²) in [5, 5.41) is 14.4. The van der Waals surface area contributed by atoms with Gasteiger partial charge in [-0.3, -0.25) is 14.9 Å². The average Bonchev–Trinajstić information content (AvgIpc) is 2.78. The van der Waals surface area contributed by atoms with E-state index in [2.05, 4.69) is 5.32 Å². The first-order valence-electron chi connectivity index (χ1n) is 9.78. The maximum atomic E-state index is 12.4. The number of benzene rings is 3. The average molecular weight is 426 g/mol. The zero-order chi connectivity index (χ0) is 22.7. The van der Waals surface area contributed by atoms with Crippen LogP contribution in [0.4, 0.5) is 11.4 Å². The van der Waals surface area contributed by atoms with E-state index in [1.54, 1.807) is 48.5 Å². The maximum absolute atomic E-state index is 12.4. The molecule has 0 bridgehead atoms. The topological polar surface area (TPSA) is 102 Å². The normalized spacial score (nSPS) is 11.0. The number of amides is 1. The highest BCUT2D eigenvalue weighted by Crippen LogP contribution is 2.26. The summed E-state index contributed by atoms with van der Waals surface area (Å²) in [6.07, 6.45) is 2.81. The van der Waals surface area contributed by atoms with Crippen LogP contribution in [-0.4, -0.2) is 10.8 Å². The summed E-state index contributed by atoms with van der Waals surface area (Å²) in [5.41, 5.74) is 3.13. The second kappa shape index (κ2) is 8.69. The van der Waals surface area contributed by atoms with E-state index in [-0.39, 0.29) is 11.6 Å². The van der Waals surface area contributed by atoms with E-state index in [1.165, 1.54) is 24.3 Å². The van der Waals surface area contributed by atoms with Gasteiger partial charge in [0.2, 0.25) is 5.91 Å². The molecule has 1 N–H and O–H groups in total. The van der Waals surface area contributed by atoms with Crippen LogP contribution in [0.3, 0.4) is 0 Å². The van der Waals surface area contributed by atoms with Gasteiger partial charge in [0.25, 0.3) is 5.69 Å². The van der Waals surface area contributed by atoms with Crippen molar-refractivity contribution in [2.45, 2.75) is 6.92 Å². The Morgan fingerprint density at radius 1 is 1.00 bits per heavy atom. The van der Waals surface area contributed by atoms with Gasteiger partial charge in [0.15, 0.2) is 0 Å². The van der Waals surface area contributed by atoms with Crippen molar-refractivity contribution in [2.75, 3.05) is 5.32 Å². The van der Waals surface area contributed by atoms with E-state index < -0.39 is 10.5 Å². The fraction of sp³-hybridized carbons (Fsp3) is 0.0400. The molecule has 3 aromatic carbocycles. The first-order valence-corrected chi connectivity index (χ1v) is 9.78. The lowest BCUT2D eigenvalue weighted by Gasteiger charge is -2.09. The lowest BCUT2D eigenvalue weighted by atomic mass is 10.0. The van der Waals surface area contributed by atoms with Gasteiger partial charge in [-0.2, -0.15) is 0 Å². The van der Waals surface area contributed by atoms with Crippen molar-refractivity contribution in [3.63, 3.8) is 0 Å². The van der Waals surface area contributed by atoms with Crippen LogP contribution in [-0.2, 0) is 4.79 Å². The van der Waals surface area contributed by atoms with Crippen LogP contribution in [0.2, 0.25) is 0 Å². The molecule has 1 amide bonds. The summed E-state index contributed by atoms with van der Waals surface area (Å²) < 4.78 is 5.42. The number of carbonyl (C=O) groups is 1. The lowest BCUT2D eigenvalue weighted by molar-refractivity contribution is -0.384. The number of anilines is 1. The Labute approximate surface area is 182 Å². The van der Waals surface area contributed by atoms with Gasteiger partial charge in [-0.15, -0.1) is 0 Å². The molecule has 1 aromatic heterocycles. The molecule has 4 rings (SSSR count). The maximum Gasteiger partial charge on any atom is 0.344 e. The Morgan fingerprint density at radius 3 is 2.59 bits per heavy atom. The molecule has 0 spiro atoms. The van der Waals surface area contributed by atoms with Crippen molar-refractivity contribution < 1.29 is 14.1 Å². The van der Waals surface area contributed by atoms with Gasteiger partial charge in [0.05, 0.1) is 10.5 Å². The van der Waals surface area contributed by atoms with Crippen molar-refractivity contribution in [2.24, 2.45) is 0 Å². The molecule has 158 valence electrons. The van der Waals surface area contributed by atoms with Crippen molar-refractivity contribution in [3.8, 4) is 11.1 Å². The summed E-state index contributed by atoms with van der Waals surface area (Å²) in [4.78, 5) is 35.1. The van der Waals surface area contributed by atoms with Gasteiger partial charge in [-0.1, -0.05) is 36.4 Å². The zero-order valence-electron chi connectivity index (χ0n) is 17.1. The predicted molar refractivity (Wildman–Crippen MR) is 123 cm³/mol. The van der Waals surface area contributed by atoms with Gasteiger partial charge in [0, 0.05) is 29.3 Å². The molecule has 0 saturated carbocycles. The van der Waals surface area contributed by atoms with Crippen LogP contribution in [0.25, 0.3) is 28.2 Å². The smallest absolute Gasteiger partial charge is 0.344 e. The third kappa shape index (κ3) is 4.46. The van der Waals surface area contributed by atoms with Gasteiger partial charge >= 0.3 is 5.63 Å². The molecular formula is C25H18N2O5. The highest BCUT2D eigenvalue weighted by molar-refractivity contribution is 6.02. The molecule has 0 aliphatic carbocycles. The Balaban J connectivity index is 1.53. The minimum Gasteiger partial charge on any atom is -0.422 e. The standard InChI is InChI=1S/C25H18N2O5/c1-16-13-19(26-24(28)12-9-17-5-4-7-20(14-17)27(30)31)10-11-21(16)22-15-18-6-2-3-8-23(18)32-25(22)29/h2-15H,1H3,(H,26,28)/b12-9+. The molecule has 0 fully saturated rings. The van der Waals surface area contributed by atoms with E-state index in [1.807, 2.05) is 19.1 Å². The predicted octanol–water partition coefficient (Wildman–Crippen LogP) is 5.33. The molecular weight excluding hydrogens is 408 g/mol. The molecule has 4 aromatic rings. The number of hydrogen-bond donors (Lipinski definition) is 1. The number of hydrogen-bond acceptors (Lipinski definition) is 5. The van der Waals surface area contributed by atoms with Crippen LogP contribution >= 0.6 is 0 Å². The molecule has 0 atom stereocenters. The largest absolute Gasteiger partial charge is 0.422 e. The zero-order valence-corrected chi connectivity index (χ0v) is 17.1. The molecule has 32 heavy (non-hydrogen) atoms. The van der Waals surface area contributed by atoms with Crippen LogP contribution < -0.4 is 10.9 Å². The third-order valence-corrected chi connectivity index (χ3v) is 4.93. The monoisotopic (exact) mass is 426 g/mol. The third-order valence-electron chi connectivity index (χ3n) is 4.93. The molecule has 0 saturated heterocycles. The second-order valence-corrected chi connectivity index (χ2v) is 7.19. The van der Waals surface area contributed by atoms with Gasteiger partial charge in [-0.25, -0.2) is 4.79 Å². The number of non-ortho nitro benzene ring substituents is 1. The van der Waals surface area contributed by atoms with E-state index in [9.17, 15) is 19.7 Å². The first kappa shape index (κ1) is 20.7. The lowest BCUT2D eigenvalue weighted by Crippen LogP contribution is -2.08. The molecule has 7 heteroatoms. The van der Waals surface area contributed by atoms with Crippen molar-refractivity contribution >= 4 is 34.3 Å². The number of para-hydroxylation sites is 1. The van der Waals surface area contributed by atoms with E-state index in [0.717, 1.165) is 16.5 Å². The molecule has 0 radical (unpaired) electrons. The van der Waals surface area contributed by atoms with Gasteiger partial charge in [-0.05, 0) is 54.0 Å². The van der Waals surface area contributed by atoms with E-state index in [4.69, 9.17) is 4.42 Å². The number of nitrogens with one attached hydrogen (secondary N) is 1. The fourth-order valence-corrected chi connectivity index (χ4v) is 3.39. The summed E-state index contributed by atoms with van der Waals surface area (Å²) in [6.45, 7) is 1.85. The SMILES string of the molecule is Cc1cc(NC(=O)/C=C/c2cccc([N+](=O)[O-])c2)ccc1-c1cc2ccccc2oc1=O. The Morgan fingerprint density at radius 2 is 1.81 bits per heavy atom. The molecule has 1 heterocycles. The van der Waals surface area contributed by atoms with Crippen molar-refractivity contribution in [1.29, 1.82) is 0 Å². The summed E-state index contributed by atoms with van der Waals surface area (Å²) >= 11 is 0. The number of aryl methyl sites for hydroxylation is 1. The van der Waals surface area contributed by atoms with Crippen molar-refractivity contribution in [3.05, 3.63) is 111 Å². The van der Waals surface area contributed by atoms with Crippen LogP contribution in [0.15, 0.2) is 88.1 Å². The van der Waals surface area contributed by atoms with E-state index >= 15 is 0 Å². The number of fused-ring (bicyclic) bond motifs is 1. The number of nitro groups is 1. The minimum absolute atomic E-state index is 0.0445. The quantitative estimate of drug-likeness (QED) is 0.201. The van der Waals surface area contributed by atoms with E-state index in [0.29, 0.717) is 22.4 Å². The Bertz CT molecular complexity index is 1440. The number of carbonyl (C=O) groups excluding carboxylic acids is 1. The fourth-order valence-electron chi connectivity index (χ4n) is 3.39. The molecule has 0 aliphatic rings. The first-order chi connectivity index (χ1) is 15.4. The summed E-state index contributed by atoms with van der Waals surface area (Å²) in [5.74, 6) is -0.381. The van der Waals surface area contributed by atoms with Crippen LogP contribution in [0, 0.1) is 17.0 Å². The molecule has 0 aliphatic heterocycles. The number of rotatable bonds is 5. The highest BCUT2D eigenvalue weighted by Gasteiger charge is 2.11. The van der Waals surface area contributed by atoms with Crippen LogP contribution in [0.1, 0.15) is 11.1 Å². The number of nitro benzene ring substituents is 1.